The van der Waals surface area contributed by atoms with Gasteiger partial charge >= 0.3 is 0 Å². The predicted octanol–water partition coefficient (Wildman–Crippen LogP) is 2.91. The SMILES string of the molecule is COc1ccc(C(C)Nc2nc3ccccn3n2)cc1. The maximum Gasteiger partial charge on any atom is 0.243 e. The molecule has 1 N–H and O–H groups in total. The molecule has 2 heterocycles. The highest BCUT2D eigenvalue weighted by Gasteiger charge is 2.09. The summed E-state index contributed by atoms with van der Waals surface area (Å²) in [5.74, 6) is 1.48. The summed E-state index contributed by atoms with van der Waals surface area (Å²) < 4.78 is 6.91. The fourth-order valence-corrected chi connectivity index (χ4v) is 2.06. The van der Waals surface area contributed by atoms with Crippen LogP contribution in [0.2, 0.25) is 0 Å². The van der Waals surface area contributed by atoms with Gasteiger partial charge in [0.15, 0.2) is 5.65 Å². The Morgan fingerprint density at radius 3 is 2.65 bits per heavy atom. The molecule has 0 radical (unpaired) electrons. The molecule has 0 aliphatic rings. The molecular formula is C15H16N4O. The second-order valence-corrected chi connectivity index (χ2v) is 4.58. The number of rotatable bonds is 4. The monoisotopic (exact) mass is 268 g/mol. The van der Waals surface area contributed by atoms with Gasteiger partial charge in [-0.3, -0.25) is 0 Å². The molecule has 20 heavy (non-hydrogen) atoms. The summed E-state index contributed by atoms with van der Waals surface area (Å²) in [7, 11) is 1.66. The first-order valence-electron chi connectivity index (χ1n) is 6.48. The van der Waals surface area contributed by atoms with E-state index in [0.717, 1.165) is 17.0 Å². The van der Waals surface area contributed by atoms with E-state index in [1.165, 1.54) is 0 Å². The number of aromatic nitrogens is 3. The van der Waals surface area contributed by atoms with Crippen molar-refractivity contribution in [2.75, 3.05) is 12.4 Å². The highest BCUT2D eigenvalue weighted by Crippen LogP contribution is 2.20. The van der Waals surface area contributed by atoms with Crippen LogP contribution in [0.4, 0.5) is 5.95 Å². The third kappa shape index (κ3) is 2.42. The third-order valence-corrected chi connectivity index (χ3v) is 3.20. The molecule has 0 amide bonds. The Hall–Kier alpha value is -2.56. The quantitative estimate of drug-likeness (QED) is 0.790. The summed E-state index contributed by atoms with van der Waals surface area (Å²) in [5, 5.41) is 7.68. The molecule has 0 saturated carbocycles. The average Bonchev–Trinajstić information content (AvgIpc) is 2.89. The van der Waals surface area contributed by atoms with Gasteiger partial charge in [-0.1, -0.05) is 18.2 Å². The number of hydrogen-bond donors (Lipinski definition) is 1. The number of hydrogen-bond acceptors (Lipinski definition) is 4. The first-order chi connectivity index (χ1) is 9.76. The Balaban J connectivity index is 1.78. The van der Waals surface area contributed by atoms with E-state index in [-0.39, 0.29) is 6.04 Å². The number of anilines is 1. The smallest absolute Gasteiger partial charge is 0.243 e. The van der Waals surface area contributed by atoms with Gasteiger partial charge in [0.25, 0.3) is 0 Å². The molecule has 0 aliphatic heterocycles. The van der Waals surface area contributed by atoms with Crippen molar-refractivity contribution >= 4 is 11.6 Å². The van der Waals surface area contributed by atoms with E-state index in [4.69, 9.17) is 4.74 Å². The lowest BCUT2D eigenvalue weighted by atomic mass is 10.1. The van der Waals surface area contributed by atoms with E-state index in [2.05, 4.69) is 22.3 Å². The van der Waals surface area contributed by atoms with Gasteiger partial charge in [0, 0.05) is 6.20 Å². The lowest BCUT2D eigenvalue weighted by Crippen LogP contribution is -2.07. The molecule has 5 heteroatoms. The Labute approximate surface area is 117 Å². The van der Waals surface area contributed by atoms with Gasteiger partial charge in [-0.05, 0) is 36.8 Å². The van der Waals surface area contributed by atoms with Crippen LogP contribution in [0.15, 0.2) is 48.7 Å². The summed E-state index contributed by atoms with van der Waals surface area (Å²) in [4.78, 5) is 4.43. The minimum Gasteiger partial charge on any atom is -0.497 e. The van der Waals surface area contributed by atoms with Gasteiger partial charge < -0.3 is 10.1 Å². The lowest BCUT2D eigenvalue weighted by molar-refractivity contribution is 0.414. The van der Waals surface area contributed by atoms with Crippen molar-refractivity contribution in [2.45, 2.75) is 13.0 Å². The minimum atomic E-state index is 0.123. The van der Waals surface area contributed by atoms with Crippen LogP contribution in [0.25, 0.3) is 5.65 Å². The number of nitrogens with one attached hydrogen (secondary N) is 1. The Bertz CT molecular complexity index is 672. The molecule has 0 fully saturated rings. The Kier molecular flexibility index (Phi) is 3.25. The fourth-order valence-electron chi connectivity index (χ4n) is 2.06. The zero-order valence-electron chi connectivity index (χ0n) is 11.4. The van der Waals surface area contributed by atoms with Crippen LogP contribution < -0.4 is 10.1 Å². The topological polar surface area (TPSA) is 51.5 Å². The van der Waals surface area contributed by atoms with Gasteiger partial charge in [-0.15, -0.1) is 5.10 Å². The van der Waals surface area contributed by atoms with E-state index in [0.29, 0.717) is 5.95 Å². The number of benzene rings is 1. The summed E-state index contributed by atoms with van der Waals surface area (Å²) in [5.41, 5.74) is 1.99. The predicted molar refractivity (Wildman–Crippen MR) is 78.0 cm³/mol. The van der Waals surface area contributed by atoms with Crippen molar-refractivity contribution < 1.29 is 4.74 Å². The summed E-state index contributed by atoms with van der Waals surface area (Å²) in [6.45, 7) is 2.08. The van der Waals surface area contributed by atoms with Crippen LogP contribution in [0.3, 0.4) is 0 Å². The summed E-state index contributed by atoms with van der Waals surface area (Å²) >= 11 is 0. The van der Waals surface area contributed by atoms with Crippen LogP contribution in [0.5, 0.6) is 5.75 Å². The normalized spacial score (nSPS) is 12.3. The largest absolute Gasteiger partial charge is 0.497 e. The van der Waals surface area contributed by atoms with Crippen molar-refractivity contribution in [3.8, 4) is 5.75 Å². The lowest BCUT2D eigenvalue weighted by Gasteiger charge is -2.12. The zero-order valence-corrected chi connectivity index (χ0v) is 11.4. The molecule has 0 bridgehead atoms. The van der Waals surface area contributed by atoms with Gasteiger partial charge in [-0.2, -0.15) is 4.98 Å². The first kappa shape index (κ1) is 12.5. The summed E-state index contributed by atoms with van der Waals surface area (Å²) in [6, 6.07) is 13.9. The highest BCUT2D eigenvalue weighted by atomic mass is 16.5. The molecule has 102 valence electrons. The third-order valence-electron chi connectivity index (χ3n) is 3.20. The first-order valence-corrected chi connectivity index (χ1v) is 6.48. The van der Waals surface area contributed by atoms with E-state index in [1.54, 1.807) is 11.6 Å². The van der Waals surface area contributed by atoms with E-state index in [1.807, 2.05) is 48.7 Å². The number of nitrogens with zero attached hydrogens (tertiary/aromatic N) is 3. The Morgan fingerprint density at radius 1 is 1.15 bits per heavy atom. The van der Waals surface area contributed by atoms with Crippen LogP contribution in [0, 0.1) is 0 Å². The number of ether oxygens (including phenoxy) is 1. The van der Waals surface area contributed by atoms with Crippen molar-refractivity contribution in [1.82, 2.24) is 14.6 Å². The molecule has 1 unspecified atom stereocenters. The van der Waals surface area contributed by atoms with Crippen molar-refractivity contribution in [3.05, 3.63) is 54.2 Å². The number of fused-ring (bicyclic) bond motifs is 1. The molecular weight excluding hydrogens is 252 g/mol. The molecule has 0 saturated heterocycles. The van der Waals surface area contributed by atoms with Crippen LogP contribution >= 0.6 is 0 Å². The molecule has 0 aliphatic carbocycles. The highest BCUT2D eigenvalue weighted by molar-refractivity contribution is 5.44. The molecule has 3 rings (SSSR count). The molecule has 0 spiro atoms. The standard InChI is InChI=1S/C15H16N4O/c1-11(12-6-8-13(20-2)9-7-12)16-15-17-14-5-3-4-10-19(14)18-15/h3-11H,1-2H3,(H,16,18). The van der Waals surface area contributed by atoms with E-state index < -0.39 is 0 Å². The second-order valence-electron chi connectivity index (χ2n) is 4.58. The van der Waals surface area contributed by atoms with Crippen molar-refractivity contribution in [3.63, 3.8) is 0 Å². The van der Waals surface area contributed by atoms with Gasteiger partial charge in [0.1, 0.15) is 5.75 Å². The van der Waals surface area contributed by atoms with Crippen LogP contribution in [-0.2, 0) is 0 Å². The molecule has 5 nitrogen and oxygen atoms in total. The fraction of sp³-hybridized carbons (Fsp3) is 0.200. The second kappa shape index (κ2) is 5.21. The van der Waals surface area contributed by atoms with E-state index in [9.17, 15) is 0 Å². The van der Waals surface area contributed by atoms with Crippen molar-refractivity contribution in [1.29, 1.82) is 0 Å². The molecule has 3 aromatic rings. The summed E-state index contributed by atoms with van der Waals surface area (Å²) in [6.07, 6.45) is 1.88. The van der Waals surface area contributed by atoms with Gasteiger partial charge in [0.05, 0.1) is 13.2 Å². The molecule has 2 aromatic heterocycles. The average molecular weight is 268 g/mol. The van der Waals surface area contributed by atoms with Crippen LogP contribution in [-0.4, -0.2) is 21.7 Å². The van der Waals surface area contributed by atoms with E-state index >= 15 is 0 Å². The van der Waals surface area contributed by atoms with Gasteiger partial charge in [0.2, 0.25) is 5.95 Å². The molecule has 1 atom stereocenters. The number of pyridine rings is 1. The Morgan fingerprint density at radius 2 is 1.95 bits per heavy atom. The minimum absolute atomic E-state index is 0.123. The number of methoxy groups -OCH3 is 1. The maximum absolute atomic E-state index is 5.16. The zero-order chi connectivity index (χ0) is 13.9. The maximum atomic E-state index is 5.16. The molecule has 1 aromatic carbocycles. The van der Waals surface area contributed by atoms with Crippen LogP contribution in [0.1, 0.15) is 18.5 Å². The van der Waals surface area contributed by atoms with Crippen molar-refractivity contribution in [2.24, 2.45) is 0 Å². The van der Waals surface area contributed by atoms with Gasteiger partial charge in [-0.25, -0.2) is 4.52 Å².